The number of amides is 2. The first-order chi connectivity index (χ1) is 11.6. The topological polar surface area (TPSA) is 89.0 Å². The van der Waals surface area contributed by atoms with E-state index in [2.05, 4.69) is 5.16 Å². The fraction of sp³-hybridized carbons (Fsp3) is 0.438. The van der Waals surface area contributed by atoms with Crippen LogP contribution >= 0.6 is 0 Å². The summed E-state index contributed by atoms with van der Waals surface area (Å²) in [6.07, 6.45) is 2.70. The van der Waals surface area contributed by atoms with Crippen LogP contribution in [0.4, 0.5) is 0 Å². The van der Waals surface area contributed by atoms with Crippen LogP contribution in [0.25, 0.3) is 11.5 Å². The van der Waals surface area contributed by atoms with Crippen LogP contribution in [0.1, 0.15) is 23.3 Å². The first-order valence-electron chi connectivity index (χ1n) is 7.80. The van der Waals surface area contributed by atoms with Crippen molar-refractivity contribution in [2.45, 2.75) is 18.6 Å². The van der Waals surface area contributed by atoms with E-state index in [1.165, 1.54) is 6.26 Å². The minimum Gasteiger partial charge on any atom is -0.461 e. The molecule has 0 unspecified atom stereocenters. The predicted molar refractivity (Wildman–Crippen MR) is 80.8 cm³/mol. The lowest BCUT2D eigenvalue weighted by atomic mass is 9.99. The van der Waals surface area contributed by atoms with Gasteiger partial charge in [-0.3, -0.25) is 9.59 Å². The molecule has 24 heavy (non-hydrogen) atoms. The highest BCUT2D eigenvalue weighted by atomic mass is 16.5. The van der Waals surface area contributed by atoms with E-state index < -0.39 is 5.72 Å². The van der Waals surface area contributed by atoms with Crippen LogP contribution in [0.15, 0.2) is 33.4 Å². The van der Waals surface area contributed by atoms with Gasteiger partial charge in [0.15, 0.2) is 11.5 Å². The smallest absolute Gasteiger partial charge is 0.276 e. The Morgan fingerprint density at radius 1 is 1.29 bits per heavy atom. The van der Waals surface area contributed by atoms with E-state index in [-0.39, 0.29) is 24.1 Å². The Hall–Kier alpha value is -2.61. The monoisotopic (exact) mass is 331 g/mol. The van der Waals surface area contributed by atoms with Crippen molar-refractivity contribution in [3.8, 4) is 11.5 Å². The molecule has 4 rings (SSSR count). The minimum absolute atomic E-state index is 0.0191. The average Bonchev–Trinajstić information content (AvgIpc) is 3.33. The van der Waals surface area contributed by atoms with Gasteiger partial charge in [-0.15, -0.1) is 0 Å². The van der Waals surface area contributed by atoms with Gasteiger partial charge in [-0.25, -0.2) is 0 Å². The molecule has 126 valence electrons. The van der Waals surface area contributed by atoms with Gasteiger partial charge >= 0.3 is 0 Å². The number of rotatable bonds is 2. The highest BCUT2D eigenvalue weighted by Crippen LogP contribution is 2.34. The summed E-state index contributed by atoms with van der Waals surface area (Å²) in [7, 11) is 1.75. The van der Waals surface area contributed by atoms with E-state index in [1.54, 1.807) is 35.0 Å². The number of furan rings is 1. The molecule has 0 saturated carbocycles. The lowest BCUT2D eigenvalue weighted by molar-refractivity contribution is -0.135. The summed E-state index contributed by atoms with van der Waals surface area (Å²) in [6, 6.07) is 5.06. The molecule has 1 spiro atoms. The first-order valence-corrected chi connectivity index (χ1v) is 7.80. The Morgan fingerprint density at radius 2 is 2.08 bits per heavy atom. The Kier molecular flexibility index (Phi) is 3.42. The Morgan fingerprint density at radius 3 is 2.71 bits per heavy atom. The van der Waals surface area contributed by atoms with Crippen LogP contribution in [-0.2, 0) is 9.53 Å². The van der Waals surface area contributed by atoms with E-state index in [4.69, 9.17) is 13.7 Å². The van der Waals surface area contributed by atoms with Crippen molar-refractivity contribution in [3.63, 3.8) is 0 Å². The normalized spacial score (nSPS) is 20.1. The zero-order chi connectivity index (χ0) is 16.7. The maximum Gasteiger partial charge on any atom is 0.276 e. The molecule has 2 aromatic heterocycles. The summed E-state index contributed by atoms with van der Waals surface area (Å²) in [5.41, 5.74) is -0.328. The fourth-order valence-electron chi connectivity index (χ4n) is 3.23. The minimum atomic E-state index is -0.572. The maximum atomic E-state index is 12.6. The quantitative estimate of drug-likeness (QED) is 0.825. The molecule has 0 bridgehead atoms. The molecule has 0 N–H and O–H groups in total. The molecule has 0 aromatic carbocycles. The second-order valence-electron chi connectivity index (χ2n) is 6.03. The number of carbonyl (C=O) groups excluding carboxylic acids is 2. The summed E-state index contributed by atoms with van der Waals surface area (Å²) in [4.78, 5) is 27.6. The van der Waals surface area contributed by atoms with Crippen molar-refractivity contribution >= 4 is 11.8 Å². The van der Waals surface area contributed by atoms with E-state index in [0.717, 1.165) is 0 Å². The van der Waals surface area contributed by atoms with Gasteiger partial charge in [-0.1, -0.05) is 5.16 Å². The van der Waals surface area contributed by atoms with Crippen molar-refractivity contribution in [2.75, 3.05) is 26.7 Å². The number of piperidine rings is 1. The van der Waals surface area contributed by atoms with Crippen molar-refractivity contribution in [2.24, 2.45) is 0 Å². The average molecular weight is 331 g/mol. The molecule has 4 heterocycles. The van der Waals surface area contributed by atoms with E-state index in [1.807, 2.05) is 0 Å². The number of likely N-dealkylation sites (tertiary alicyclic amines) is 1. The third-order valence-corrected chi connectivity index (χ3v) is 4.77. The molecule has 0 atom stereocenters. The summed E-state index contributed by atoms with van der Waals surface area (Å²) >= 11 is 0. The largest absolute Gasteiger partial charge is 0.461 e. The van der Waals surface area contributed by atoms with Crippen LogP contribution in [-0.4, -0.2) is 59.2 Å². The summed E-state index contributed by atoms with van der Waals surface area (Å²) in [6.45, 7) is 1.11. The predicted octanol–water partition coefficient (Wildman–Crippen LogP) is 1.36. The van der Waals surface area contributed by atoms with Crippen molar-refractivity contribution < 1.29 is 23.3 Å². The molecule has 2 amide bonds. The zero-order valence-electron chi connectivity index (χ0n) is 13.2. The molecule has 0 aliphatic carbocycles. The molecule has 2 aliphatic heterocycles. The number of hydrogen-bond donors (Lipinski definition) is 0. The van der Waals surface area contributed by atoms with Crippen LogP contribution in [0.3, 0.4) is 0 Å². The lowest BCUT2D eigenvalue weighted by Gasteiger charge is -2.41. The molecular formula is C16H17N3O5. The SMILES string of the molecule is CN1C(=O)COC12CCN(C(=O)c1cc(-c3ccco3)on1)CC2. The van der Waals surface area contributed by atoms with Crippen LogP contribution in [0.2, 0.25) is 0 Å². The van der Waals surface area contributed by atoms with Gasteiger partial charge in [0.05, 0.1) is 6.26 Å². The van der Waals surface area contributed by atoms with Crippen molar-refractivity contribution in [1.82, 2.24) is 15.0 Å². The van der Waals surface area contributed by atoms with E-state index in [0.29, 0.717) is 37.5 Å². The highest BCUT2D eigenvalue weighted by molar-refractivity contribution is 5.93. The number of likely N-dealkylation sites (N-methyl/N-ethyl adjacent to an activating group) is 1. The van der Waals surface area contributed by atoms with E-state index in [9.17, 15) is 9.59 Å². The van der Waals surface area contributed by atoms with Crippen molar-refractivity contribution in [1.29, 1.82) is 0 Å². The van der Waals surface area contributed by atoms with Gasteiger partial charge in [0, 0.05) is 39.0 Å². The van der Waals surface area contributed by atoms with Crippen LogP contribution in [0, 0.1) is 0 Å². The maximum absolute atomic E-state index is 12.6. The van der Waals surface area contributed by atoms with Crippen LogP contribution in [0.5, 0.6) is 0 Å². The second-order valence-corrected chi connectivity index (χ2v) is 6.03. The fourth-order valence-corrected chi connectivity index (χ4v) is 3.23. The zero-order valence-corrected chi connectivity index (χ0v) is 13.2. The lowest BCUT2D eigenvalue weighted by Crippen LogP contribution is -2.53. The molecular weight excluding hydrogens is 314 g/mol. The summed E-state index contributed by atoms with van der Waals surface area (Å²) < 4.78 is 16.1. The van der Waals surface area contributed by atoms with E-state index >= 15 is 0 Å². The molecule has 0 radical (unpaired) electrons. The second kappa shape index (κ2) is 5.48. The Bertz CT molecular complexity index is 759. The standard InChI is InChI=1S/C16H17N3O5/c1-18-14(20)10-23-16(18)4-6-19(7-5-16)15(21)11-9-13(24-17-11)12-3-2-8-22-12/h2-3,8-9H,4-7,10H2,1H3. The number of ether oxygens (including phenoxy) is 1. The third kappa shape index (κ3) is 2.30. The Balaban J connectivity index is 1.44. The van der Waals surface area contributed by atoms with Gasteiger partial charge in [-0.05, 0) is 12.1 Å². The first kappa shape index (κ1) is 14.9. The van der Waals surface area contributed by atoms with Crippen molar-refractivity contribution in [3.05, 3.63) is 30.2 Å². The number of hydrogen-bond acceptors (Lipinski definition) is 6. The molecule has 2 fully saturated rings. The molecule has 2 aliphatic rings. The molecule has 8 heteroatoms. The number of aromatic nitrogens is 1. The number of nitrogens with zero attached hydrogens (tertiary/aromatic N) is 3. The van der Waals surface area contributed by atoms with Gasteiger partial charge in [0.2, 0.25) is 5.76 Å². The summed E-state index contributed by atoms with van der Waals surface area (Å²) in [5, 5.41) is 3.84. The molecule has 2 aromatic rings. The van der Waals surface area contributed by atoms with Crippen LogP contribution < -0.4 is 0 Å². The number of carbonyl (C=O) groups is 2. The highest BCUT2D eigenvalue weighted by Gasteiger charge is 2.47. The summed E-state index contributed by atoms with van der Waals surface area (Å²) in [5.74, 6) is 0.729. The van der Waals surface area contributed by atoms with Gasteiger partial charge < -0.3 is 23.5 Å². The van der Waals surface area contributed by atoms with Gasteiger partial charge in [-0.2, -0.15) is 0 Å². The van der Waals surface area contributed by atoms with Gasteiger partial charge in [0.25, 0.3) is 11.8 Å². The molecule has 8 nitrogen and oxygen atoms in total. The Labute approximate surface area is 137 Å². The third-order valence-electron chi connectivity index (χ3n) is 4.77. The van der Waals surface area contributed by atoms with Gasteiger partial charge in [0.1, 0.15) is 12.3 Å². The molecule has 2 saturated heterocycles.